The molecule has 0 heterocycles. The first kappa shape index (κ1) is 23.1. The minimum Gasteiger partial charge on any atom is -0.358 e. The third kappa shape index (κ3) is 3.71. The molecule has 1 aliphatic rings. The Morgan fingerprint density at radius 3 is 2.15 bits per heavy atom. The van der Waals surface area contributed by atoms with Crippen molar-refractivity contribution in [3.63, 3.8) is 0 Å². The maximum atomic E-state index is 3.93. The minimum absolute atomic E-state index is 0. The number of benzene rings is 3. The molecule has 3 heteroatoms. The third-order valence-electron chi connectivity index (χ3n) is 4.94. The second kappa shape index (κ2) is 7.60. The summed E-state index contributed by atoms with van der Waals surface area (Å²) in [6.45, 7) is 11.7. The Hall–Kier alpha value is -0.929. The van der Waals surface area contributed by atoms with Crippen LogP contribution >= 0.6 is 0 Å². The van der Waals surface area contributed by atoms with Crippen LogP contribution in [0.4, 0.5) is 0 Å². The summed E-state index contributed by atoms with van der Waals surface area (Å²) in [6, 6.07) is 16.1. The average molecular weight is 397 g/mol. The van der Waals surface area contributed by atoms with E-state index in [-0.39, 0.29) is 42.1 Å². The molecule has 0 atom stereocenters. The largest absolute Gasteiger partial charge is 2.00 e. The van der Waals surface area contributed by atoms with Gasteiger partial charge >= 0.3 is 21.7 Å². The van der Waals surface area contributed by atoms with Crippen LogP contribution in [0.3, 0.4) is 0 Å². The fourth-order valence-corrected chi connectivity index (χ4v) is 7.81. The van der Waals surface area contributed by atoms with Gasteiger partial charge in [-0.25, -0.2) is 0 Å². The van der Waals surface area contributed by atoms with E-state index in [4.69, 9.17) is 0 Å². The molecule has 1 aliphatic carbocycles. The van der Waals surface area contributed by atoms with E-state index < -0.39 is 8.24 Å². The molecule has 0 unspecified atom stereocenters. The molecule has 0 radical (unpaired) electrons. The molecule has 3 aromatic rings. The van der Waals surface area contributed by atoms with Crippen molar-refractivity contribution >= 4 is 35.0 Å². The molecule has 26 heavy (non-hydrogen) atoms. The van der Waals surface area contributed by atoms with Gasteiger partial charge in [-0.3, -0.25) is 0 Å². The molecule has 0 bridgehead atoms. The maximum absolute atomic E-state index is 3.93. The molecule has 0 aromatic heterocycles. The summed E-state index contributed by atoms with van der Waals surface area (Å²) in [7, 11) is -1.72. The SMILES string of the molecule is CC(C)(C)N[Si](C)(C)c1ccc2c3c1ccc1cccc(c13)C2.[CH3-].[CH3-].[Ti+2]. The van der Waals surface area contributed by atoms with Crippen molar-refractivity contribution in [2.45, 2.75) is 45.8 Å². The molecule has 136 valence electrons. The minimum atomic E-state index is -1.72. The zero-order valence-electron chi connectivity index (χ0n) is 17.2. The van der Waals surface area contributed by atoms with Gasteiger partial charge in [0.2, 0.25) is 0 Å². The van der Waals surface area contributed by atoms with Gasteiger partial charge in [0.05, 0.1) is 0 Å². The van der Waals surface area contributed by atoms with Crippen LogP contribution in [0.15, 0.2) is 42.5 Å². The molecule has 0 saturated heterocycles. The number of hydrogen-bond donors (Lipinski definition) is 1. The van der Waals surface area contributed by atoms with Crippen LogP contribution in [0.25, 0.3) is 21.5 Å². The summed E-state index contributed by atoms with van der Waals surface area (Å²) >= 11 is 0. The van der Waals surface area contributed by atoms with Crippen molar-refractivity contribution < 1.29 is 21.7 Å². The summed E-state index contributed by atoms with van der Waals surface area (Å²) in [5.41, 5.74) is 3.13. The van der Waals surface area contributed by atoms with Crippen LogP contribution in [0.2, 0.25) is 13.1 Å². The van der Waals surface area contributed by atoms with Crippen molar-refractivity contribution in [1.29, 1.82) is 0 Å². The summed E-state index contributed by atoms with van der Waals surface area (Å²) in [5, 5.41) is 7.38. The van der Waals surface area contributed by atoms with Crippen molar-refractivity contribution in [2.24, 2.45) is 0 Å². The van der Waals surface area contributed by atoms with Crippen LogP contribution in [-0.4, -0.2) is 13.8 Å². The van der Waals surface area contributed by atoms with Gasteiger partial charge in [-0.05, 0) is 65.1 Å². The van der Waals surface area contributed by atoms with Crippen LogP contribution in [0, 0.1) is 14.9 Å². The monoisotopic (exact) mass is 397 g/mol. The fourth-order valence-electron chi connectivity index (χ4n) is 4.42. The van der Waals surface area contributed by atoms with Crippen molar-refractivity contribution in [3.8, 4) is 0 Å². The molecule has 1 nitrogen and oxygen atoms in total. The summed E-state index contributed by atoms with van der Waals surface area (Å²) < 4.78 is 0. The molecule has 0 amide bonds. The Morgan fingerprint density at radius 1 is 0.846 bits per heavy atom. The van der Waals surface area contributed by atoms with Gasteiger partial charge < -0.3 is 19.8 Å². The molecule has 0 fully saturated rings. The van der Waals surface area contributed by atoms with Crippen LogP contribution in [0.1, 0.15) is 31.9 Å². The van der Waals surface area contributed by atoms with E-state index in [1.165, 1.54) is 37.9 Å². The first-order valence-corrected chi connectivity index (χ1v) is 11.5. The Labute approximate surface area is 175 Å². The molecule has 3 aromatic carbocycles. The first-order chi connectivity index (χ1) is 10.8. The summed E-state index contributed by atoms with van der Waals surface area (Å²) in [5.74, 6) is 0. The smallest absolute Gasteiger partial charge is 0.358 e. The molecule has 0 spiro atoms. The third-order valence-corrected chi connectivity index (χ3v) is 8.09. The second-order valence-electron chi connectivity index (χ2n) is 8.45. The van der Waals surface area contributed by atoms with Gasteiger partial charge in [0.15, 0.2) is 8.24 Å². The normalized spacial score (nSPS) is 12.7. The standard InChI is InChI=1S/C21H25NSi.2CH3.Ti/c1-21(2,3)22-23(4,5)18-12-10-16-13-15-8-6-7-14-9-11-17(18)20(16)19(14)15;;;/h6-12,22H,13H2,1-5H3;2*1H3;/q;2*-1;+2. The van der Waals surface area contributed by atoms with Gasteiger partial charge in [-0.15, -0.1) is 0 Å². The molecule has 0 saturated carbocycles. The van der Waals surface area contributed by atoms with Crippen LogP contribution in [0.5, 0.6) is 0 Å². The molecular weight excluding hydrogens is 366 g/mol. The topological polar surface area (TPSA) is 12.0 Å². The van der Waals surface area contributed by atoms with Gasteiger partial charge in [0.1, 0.15) is 0 Å². The van der Waals surface area contributed by atoms with E-state index in [9.17, 15) is 0 Å². The van der Waals surface area contributed by atoms with E-state index in [1.807, 2.05) is 0 Å². The van der Waals surface area contributed by atoms with Gasteiger partial charge in [-0.1, -0.05) is 55.6 Å². The molecule has 4 rings (SSSR count). The average Bonchev–Trinajstić information content (AvgIpc) is 2.82. The predicted octanol–water partition coefficient (Wildman–Crippen LogP) is 5.60. The first-order valence-electron chi connectivity index (χ1n) is 8.52. The zero-order valence-corrected chi connectivity index (χ0v) is 19.8. The number of nitrogens with one attached hydrogen (secondary N) is 1. The van der Waals surface area contributed by atoms with Crippen LogP contribution in [-0.2, 0) is 28.1 Å². The summed E-state index contributed by atoms with van der Waals surface area (Å²) in [4.78, 5) is 3.93. The van der Waals surface area contributed by atoms with E-state index >= 15 is 0 Å². The number of rotatable bonds is 2. The number of hydrogen-bond acceptors (Lipinski definition) is 1. The van der Waals surface area contributed by atoms with E-state index in [0.29, 0.717) is 0 Å². The van der Waals surface area contributed by atoms with Gasteiger partial charge in [0.25, 0.3) is 0 Å². The van der Waals surface area contributed by atoms with E-state index in [0.717, 1.165) is 6.42 Å². The fraction of sp³-hybridized carbons (Fsp3) is 0.304. The Balaban J connectivity index is 0.00000113. The summed E-state index contributed by atoms with van der Waals surface area (Å²) in [6.07, 6.45) is 1.09. The Bertz CT molecular complexity index is 938. The quantitative estimate of drug-likeness (QED) is 0.264. The molecular formula is C23H31NSiTi. The maximum Gasteiger partial charge on any atom is 2.00 e. The Morgan fingerprint density at radius 2 is 1.50 bits per heavy atom. The second-order valence-corrected chi connectivity index (χ2v) is 12.5. The van der Waals surface area contributed by atoms with Crippen LogP contribution < -0.4 is 10.2 Å². The van der Waals surface area contributed by atoms with Gasteiger partial charge in [-0.2, -0.15) is 0 Å². The molecule has 1 N–H and O–H groups in total. The predicted molar refractivity (Wildman–Crippen MR) is 117 cm³/mol. The van der Waals surface area contributed by atoms with Gasteiger partial charge in [0, 0.05) is 5.54 Å². The van der Waals surface area contributed by atoms with Crippen molar-refractivity contribution in [1.82, 2.24) is 4.98 Å². The molecule has 0 aliphatic heterocycles. The van der Waals surface area contributed by atoms with E-state index in [1.54, 1.807) is 0 Å². The van der Waals surface area contributed by atoms with Crippen molar-refractivity contribution in [3.05, 3.63) is 68.4 Å². The Kier molecular flexibility index (Phi) is 6.75. The van der Waals surface area contributed by atoms with E-state index in [2.05, 4.69) is 81.3 Å². The van der Waals surface area contributed by atoms with Crippen molar-refractivity contribution in [2.75, 3.05) is 0 Å². The zero-order chi connectivity index (χ0) is 16.4.